The fourth-order valence-corrected chi connectivity index (χ4v) is 3.26. The molecule has 1 aliphatic heterocycles. The summed E-state index contributed by atoms with van der Waals surface area (Å²) in [5.41, 5.74) is 0.0357. The molecule has 0 aliphatic carbocycles. The van der Waals surface area contributed by atoms with E-state index >= 15 is 0 Å². The van der Waals surface area contributed by atoms with E-state index < -0.39 is 17.6 Å². The van der Waals surface area contributed by atoms with E-state index in [2.05, 4.69) is 17.2 Å². The number of carbonyl (C=O) groups is 3. The van der Waals surface area contributed by atoms with Crippen molar-refractivity contribution in [1.29, 1.82) is 0 Å². The van der Waals surface area contributed by atoms with Crippen LogP contribution in [0.25, 0.3) is 0 Å². The number of fused-ring (bicyclic) bond motifs is 1. The van der Waals surface area contributed by atoms with Crippen LogP contribution in [0, 0.1) is 11.8 Å². The number of rotatable bonds is 5. The van der Waals surface area contributed by atoms with Gasteiger partial charge in [0, 0.05) is 17.7 Å². The first kappa shape index (κ1) is 21.7. The molecule has 0 fully saturated rings. The molecule has 160 valence electrons. The summed E-state index contributed by atoms with van der Waals surface area (Å²) in [7, 11) is 3.87. The number of ether oxygens (including phenoxy) is 3. The van der Waals surface area contributed by atoms with Crippen LogP contribution in [0.1, 0.15) is 21.5 Å². The van der Waals surface area contributed by atoms with Crippen LogP contribution in [0.4, 0.5) is 4.79 Å². The second kappa shape index (κ2) is 9.22. The fourth-order valence-electron chi connectivity index (χ4n) is 3.26. The smallest absolute Gasteiger partial charge is 0.408 e. The number of nitrogens with one attached hydrogen (secondary N) is 1. The number of nitrogens with zero attached hydrogens (tertiary/aromatic N) is 1. The SMILES string of the molecule is COC(=O)N[C@](C#Cc1ccccc1)(CN1Cc2ccc(OC)cc2C1=O)C(=O)OC. The third-order valence-electron chi connectivity index (χ3n) is 4.85. The molecule has 8 nitrogen and oxygen atoms in total. The van der Waals surface area contributed by atoms with Gasteiger partial charge in [0.15, 0.2) is 0 Å². The summed E-state index contributed by atoms with van der Waals surface area (Å²) in [6.07, 6.45) is -0.876. The number of hydrogen-bond donors (Lipinski definition) is 1. The zero-order valence-corrected chi connectivity index (χ0v) is 17.4. The Kier molecular flexibility index (Phi) is 6.46. The molecule has 1 atom stereocenters. The van der Waals surface area contributed by atoms with Crippen molar-refractivity contribution in [2.45, 2.75) is 12.1 Å². The third-order valence-corrected chi connectivity index (χ3v) is 4.85. The van der Waals surface area contributed by atoms with E-state index in [1.54, 1.807) is 42.5 Å². The van der Waals surface area contributed by atoms with E-state index in [4.69, 9.17) is 14.2 Å². The second-order valence-corrected chi connectivity index (χ2v) is 6.81. The van der Waals surface area contributed by atoms with Gasteiger partial charge >= 0.3 is 12.1 Å². The molecule has 1 N–H and O–H groups in total. The van der Waals surface area contributed by atoms with Crippen LogP contribution < -0.4 is 10.1 Å². The van der Waals surface area contributed by atoms with Crippen LogP contribution in [0.3, 0.4) is 0 Å². The average molecular weight is 422 g/mol. The highest BCUT2D eigenvalue weighted by Crippen LogP contribution is 2.28. The minimum atomic E-state index is -1.83. The number of methoxy groups -OCH3 is 3. The summed E-state index contributed by atoms with van der Waals surface area (Å²) in [5.74, 6) is 5.11. The predicted molar refractivity (Wildman–Crippen MR) is 111 cm³/mol. The van der Waals surface area contributed by atoms with Gasteiger partial charge < -0.3 is 19.1 Å². The van der Waals surface area contributed by atoms with Gasteiger partial charge in [-0.25, -0.2) is 9.59 Å². The van der Waals surface area contributed by atoms with Crippen LogP contribution in [0.15, 0.2) is 48.5 Å². The molecule has 0 unspecified atom stereocenters. The van der Waals surface area contributed by atoms with Crippen molar-refractivity contribution in [3.63, 3.8) is 0 Å². The van der Waals surface area contributed by atoms with Gasteiger partial charge in [-0.05, 0) is 29.8 Å². The first-order chi connectivity index (χ1) is 14.9. The van der Waals surface area contributed by atoms with Gasteiger partial charge in [0.1, 0.15) is 5.75 Å². The second-order valence-electron chi connectivity index (χ2n) is 6.81. The molecule has 8 heteroatoms. The topological polar surface area (TPSA) is 94.2 Å². The van der Waals surface area contributed by atoms with Crippen LogP contribution in [0.2, 0.25) is 0 Å². The Bertz CT molecular complexity index is 1060. The molecule has 1 heterocycles. The molecule has 3 rings (SSSR count). The molecule has 2 amide bonds. The number of benzene rings is 2. The molecule has 0 saturated heterocycles. The van der Waals surface area contributed by atoms with Gasteiger partial charge in [-0.15, -0.1) is 0 Å². The van der Waals surface area contributed by atoms with Crippen LogP contribution in [0.5, 0.6) is 5.75 Å². The number of esters is 1. The molecular weight excluding hydrogens is 400 g/mol. The molecule has 1 aliphatic rings. The Labute approximate surface area is 180 Å². The quantitative estimate of drug-likeness (QED) is 0.585. The maximum absolute atomic E-state index is 13.0. The number of alkyl carbamates (subject to hydrolysis) is 1. The number of carbonyl (C=O) groups excluding carboxylic acids is 3. The summed E-state index contributed by atoms with van der Waals surface area (Å²) in [6, 6.07) is 14.1. The summed E-state index contributed by atoms with van der Waals surface area (Å²) in [5, 5.41) is 2.47. The number of amides is 2. The standard InChI is InChI=1S/C23H22N2O6/c1-29-18-10-9-17-14-25(20(26)19(17)13-18)15-23(21(27)30-2,24-22(28)31-3)12-11-16-7-5-4-6-8-16/h4-10,13H,14-15H2,1-3H3,(H,24,28)/t23-/m1/s1. The van der Waals surface area contributed by atoms with Gasteiger partial charge in [-0.3, -0.25) is 10.1 Å². The van der Waals surface area contributed by atoms with Crippen molar-refractivity contribution in [2.24, 2.45) is 0 Å². The van der Waals surface area contributed by atoms with Gasteiger partial charge in [-0.2, -0.15) is 0 Å². The lowest BCUT2D eigenvalue weighted by Gasteiger charge is -2.30. The molecule has 0 bridgehead atoms. The maximum Gasteiger partial charge on any atom is 0.408 e. The fraction of sp³-hybridized carbons (Fsp3) is 0.261. The van der Waals surface area contributed by atoms with E-state index in [9.17, 15) is 14.4 Å². The molecule has 0 radical (unpaired) electrons. The predicted octanol–water partition coefficient (Wildman–Crippen LogP) is 1.97. The normalized spacial score (nSPS) is 13.9. The van der Waals surface area contributed by atoms with E-state index in [1.165, 1.54) is 26.2 Å². The minimum absolute atomic E-state index is 0.232. The molecule has 31 heavy (non-hydrogen) atoms. The maximum atomic E-state index is 13.0. The first-order valence-corrected chi connectivity index (χ1v) is 9.41. The van der Waals surface area contributed by atoms with Crippen molar-refractivity contribution in [2.75, 3.05) is 27.9 Å². The van der Waals surface area contributed by atoms with Crippen molar-refractivity contribution in [3.05, 3.63) is 65.2 Å². The summed E-state index contributed by atoms with van der Waals surface area (Å²) in [4.78, 5) is 39.3. The third kappa shape index (κ3) is 4.61. The Morgan fingerprint density at radius 3 is 2.48 bits per heavy atom. The van der Waals surface area contributed by atoms with E-state index in [0.29, 0.717) is 16.9 Å². The molecule has 0 aromatic heterocycles. The molecule has 0 spiro atoms. The zero-order chi connectivity index (χ0) is 22.4. The van der Waals surface area contributed by atoms with E-state index in [0.717, 1.165) is 5.56 Å². The van der Waals surface area contributed by atoms with Crippen LogP contribution in [-0.4, -0.2) is 56.3 Å². The molecule has 2 aromatic rings. The summed E-state index contributed by atoms with van der Waals surface area (Å²) in [6.45, 7) is 0.0111. The highest BCUT2D eigenvalue weighted by atomic mass is 16.5. The van der Waals surface area contributed by atoms with Crippen molar-refractivity contribution in [1.82, 2.24) is 10.2 Å². The Hall–Kier alpha value is -3.99. The lowest BCUT2D eigenvalue weighted by molar-refractivity contribution is -0.146. The highest BCUT2D eigenvalue weighted by Gasteiger charge is 2.45. The average Bonchev–Trinajstić information content (AvgIpc) is 3.11. The molecular formula is C23H22N2O6. The van der Waals surface area contributed by atoms with Crippen molar-refractivity contribution < 1.29 is 28.6 Å². The number of hydrogen-bond acceptors (Lipinski definition) is 6. The van der Waals surface area contributed by atoms with Crippen LogP contribution >= 0.6 is 0 Å². The summed E-state index contributed by atoms with van der Waals surface area (Å²) >= 11 is 0. The van der Waals surface area contributed by atoms with E-state index in [1.807, 2.05) is 6.07 Å². The zero-order valence-electron chi connectivity index (χ0n) is 17.4. The largest absolute Gasteiger partial charge is 0.497 e. The Morgan fingerprint density at radius 1 is 1.10 bits per heavy atom. The minimum Gasteiger partial charge on any atom is -0.497 e. The van der Waals surface area contributed by atoms with Gasteiger partial charge in [0.05, 0.1) is 27.9 Å². The van der Waals surface area contributed by atoms with Gasteiger partial charge in [-0.1, -0.05) is 36.1 Å². The Morgan fingerprint density at radius 2 is 1.84 bits per heavy atom. The van der Waals surface area contributed by atoms with Gasteiger partial charge in [0.25, 0.3) is 5.91 Å². The molecule has 0 saturated carbocycles. The Balaban J connectivity index is 1.99. The van der Waals surface area contributed by atoms with Crippen molar-refractivity contribution in [3.8, 4) is 17.6 Å². The lowest BCUT2D eigenvalue weighted by atomic mass is 9.98. The lowest BCUT2D eigenvalue weighted by Crippen LogP contribution is -2.60. The molecule has 2 aromatic carbocycles. The van der Waals surface area contributed by atoms with Gasteiger partial charge in [0.2, 0.25) is 5.54 Å². The summed E-state index contributed by atoms with van der Waals surface area (Å²) < 4.78 is 14.8. The van der Waals surface area contributed by atoms with Crippen LogP contribution in [-0.2, 0) is 20.8 Å². The van der Waals surface area contributed by atoms with E-state index in [-0.39, 0.29) is 19.0 Å². The monoisotopic (exact) mass is 422 g/mol. The first-order valence-electron chi connectivity index (χ1n) is 9.41. The highest BCUT2D eigenvalue weighted by molar-refractivity contribution is 6.00. The van der Waals surface area contributed by atoms with Crippen molar-refractivity contribution >= 4 is 18.0 Å².